The number of amides is 2. The second-order valence-corrected chi connectivity index (χ2v) is 5.72. The van der Waals surface area contributed by atoms with Gasteiger partial charge in [0.2, 0.25) is 5.91 Å². The van der Waals surface area contributed by atoms with E-state index >= 15 is 0 Å². The smallest absolute Gasteiger partial charge is 0.253 e. The van der Waals surface area contributed by atoms with E-state index in [1.165, 1.54) is 11.0 Å². The zero-order valence-corrected chi connectivity index (χ0v) is 13.6. The summed E-state index contributed by atoms with van der Waals surface area (Å²) in [5, 5.41) is 19.4. The molecule has 3 rings (SSSR count). The molecule has 0 atom stereocenters. The van der Waals surface area contributed by atoms with Gasteiger partial charge in [0.15, 0.2) is 0 Å². The molecule has 1 aliphatic heterocycles. The third-order valence-corrected chi connectivity index (χ3v) is 4.07. The molecule has 1 aromatic heterocycles. The van der Waals surface area contributed by atoms with Crippen molar-refractivity contribution in [2.24, 2.45) is 0 Å². The van der Waals surface area contributed by atoms with Gasteiger partial charge in [-0.2, -0.15) is 5.26 Å². The van der Waals surface area contributed by atoms with Crippen molar-refractivity contribution in [2.75, 3.05) is 26.2 Å². The van der Waals surface area contributed by atoms with Crippen LogP contribution in [0.2, 0.25) is 0 Å². The molecule has 1 saturated heterocycles. The molecular formula is C16H17N7O2. The Morgan fingerprint density at radius 2 is 1.92 bits per heavy atom. The van der Waals surface area contributed by atoms with Crippen LogP contribution in [0.3, 0.4) is 0 Å². The van der Waals surface area contributed by atoms with Gasteiger partial charge in [-0.25, -0.2) is 4.68 Å². The van der Waals surface area contributed by atoms with E-state index in [4.69, 9.17) is 5.26 Å². The van der Waals surface area contributed by atoms with E-state index < -0.39 is 0 Å². The molecule has 25 heavy (non-hydrogen) atoms. The molecular weight excluding hydrogens is 322 g/mol. The van der Waals surface area contributed by atoms with Crippen LogP contribution in [-0.2, 0) is 17.8 Å². The molecule has 2 amide bonds. The summed E-state index contributed by atoms with van der Waals surface area (Å²) < 4.78 is 1.38. The highest BCUT2D eigenvalue weighted by Crippen LogP contribution is 2.12. The van der Waals surface area contributed by atoms with Crippen molar-refractivity contribution in [1.29, 1.82) is 5.26 Å². The second-order valence-electron chi connectivity index (χ2n) is 5.72. The van der Waals surface area contributed by atoms with Gasteiger partial charge in [-0.05, 0) is 28.1 Å². The Kier molecular flexibility index (Phi) is 4.99. The normalized spacial score (nSPS) is 14.2. The maximum absolute atomic E-state index is 12.6. The van der Waals surface area contributed by atoms with Crippen LogP contribution in [0, 0.1) is 11.3 Å². The Bertz CT molecular complexity index is 789. The number of piperazine rings is 1. The molecule has 0 radical (unpaired) electrons. The monoisotopic (exact) mass is 339 g/mol. The molecule has 9 nitrogen and oxygen atoms in total. The Hall–Kier alpha value is -3.28. The number of hydrogen-bond donors (Lipinski definition) is 0. The first-order valence-corrected chi connectivity index (χ1v) is 7.91. The number of hydrogen-bond acceptors (Lipinski definition) is 6. The van der Waals surface area contributed by atoms with Crippen LogP contribution in [0.15, 0.2) is 30.6 Å². The van der Waals surface area contributed by atoms with Crippen molar-refractivity contribution in [3.8, 4) is 6.07 Å². The molecule has 1 aliphatic rings. The molecule has 0 spiro atoms. The topological polar surface area (TPSA) is 108 Å². The van der Waals surface area contributed by atoms with Gasteiger partial charge in [0.05, 0.1) is 12.5 Å². The average Bonchev–Trinajstić information content (AvgIpc) is 3.15. The van der Waals surface area contributed by atoms with Crippen molar-refractivity contribution in [3.63, 3.8) is 0 Å². The minimum Gasteiger partial charge on any atom is -0.338 e. The van der Waals surface area contributed by atoms with Gasteiger partial charge < -0.3 is 9.80 Å². The first-order chi connectivity index (χ1) is 12.2. The van der Waals surface area contributed by atoms with Crippen LogP contribution in [0.1, 0.15) is 15.9 Å². The highest BCUT2D eigenvalue weighted by molar-refractivity contribution is 5.94. The number of nitriles is 1. The second kappa shape index (κ2) is 7.53. The van der Waals surface area contributed by atoms with Gasteiger partial charge in [-0.3, -0.25) is 9.59 Å². The fraction of sp³-hybridized carbons (Fsp3) is 0.375. The molecule has 0 aliphatic carbocycles. The fourth-order valence-electron chi connectivity index (χ4n) is 2.74. The third-order valence-electron chi connectivity index (χ3n) is 4.07. The number of carbonyl (C=O) groups excluding carboxylic acids is 2. The highest BCUT2D eigenvalue weighted by Gasteiger charge is 2.25. The number of tetrazole rings is 1. The predicted octanol–water partition coefficient (Wildman–Crippen LogP) is -0.276. The lowest BCUT2D eigenvalue weighted by Gasteiger charge is -2.34. The summed E-state index contributed by atoms with van der Waals surface area (Å²) in [5.41, 5.74) is 1.39. The summed E-state index contributed by atoms with van der Waals surface area (Å²) in [6, 6.07) is 9.19. The first kappa shape index (κ1) is 16.6. The first-order valence-electron chi connectivity index (χ1n) is 7.91. The van der Waals surface area contributed by atoms with Crippen molar-refractivity contribution in [3.05, 3.63) is 41.7 Å². The number of aromatic nitrogens is 4. The Morgan fingerprint density at radius 1 is 1.16 bits per heavy atom. The summed E-state index contributed by atoms with van der Waals surface area (Å²) in [4.78, 5) is 28.2. The molecule has 0 bridgehead atoms. The minimum atomic E-state index is -0.0765. The van der Waals surface area contributed by atoms with E-state index in [0.717, 1.165) is 5.56 Å². The lowest BCUT2D eigenvalue weighted by Crippen LogP contribution is -2.51. The van der Waals surface area contributed by atoms with E-state index in [1.54, 1.807) is 28.0 Å². The lowest BCUT2D eigenvalue weighted by atomic mass is 10.1. The molecule has 128 valence electrons. The van der Waals surface area contributed by atoms with Crippen LogP contribution in [-0.4, -0.2) is 68.0 Å². The number of carbonyl (C=O) groups is 2. The molecule has 0 N–H and O–H groups in total. The van der Waals surface area contributed by atoms with Crippen molar-refractivity contribution < 1.29 is 9.59 Å². The van der Waals surface area contributed by atoms with Crippen LogP contribution in [0.4, 0.5) is 0 Å². The van der Waals surface area contributed by atoms with E-state index in [-0.39, 0.29) is 24.8 Å². The highest BCUT2D eigenvalue weighted by atomic mass is 16.2. The lowest BCUT2D eigenvalue weighted by molar-refractivity contribution is -0.133. The quantitative estimate of drug-likeness (QED) is 0.758. The summed E-state index contributed by atoms with van der Waals surface area (Å²) in [6.45, 7) is 2.00. The number of rotatable bonds is 4. The Morgan fingerprint density at radius 3 is 2.60 bits per heavy atom. The molecule has 9 heteroatoms. The van der Waals surface area contributed by atoms with E-state index in [0.29, 0.717) is 31.7 Å². The van der Waals surface area contributed by atoms with E-state index in [2.05, 4.69) is 21.6 Å². The van der Waals surface area contributed by atoms with Crippen molar-refractivity contribution in [2.45, 2.75) is 13.0 Å². The van der Waals surface area contributed by atoms with Gasteiger partial charge in [-0.15, -0.1) is 5.10 Å². The van der Waals surface area contributed by atoms with Crippen LogP contribution in [0.25, 0.3) is 0 Å². The molecule has 0 saturated carbocycles. The minimum absolute atomic E-state index is 0.0737. The van der Waals surface area contributed by atoms with Crippen molar-refractivity contribution >= 4 is 11.8 Å². The largest absolute Gasteiger partial charge is 0.338 e. The molecule has 2 aromatic rings. The fourth-order valence-corrected chi connectivity index (χ4v) is 2.74. The van der Waals surface area contributed by atoms with Gasteiger partial charge in [0, 0.05) is 31.7 Å². The van der Waals surface area contributed by atoms with Crippen LogP contribution in [0.5, 0.6) is 0 Å². The number of nitrogens with zero attached hydrogens (tertiary/aromatic N) is 7. The summed E-state index contributed by atoms with van der Waals surface area (Å²) in [5.74, 6) is -0.150. The Labute approximate surface area is 144 Å². The van der Waals surface area contributed by atoms with Crippen molar-refractivity contribution in [1.82, 2.24) is 30.0 Å². The average molecular weight is 339 g/mol. The third kappa shape index (κ3) is 3.98. The maximum Gasteiger partial charge on any atom is 0.253 e. The zero-order chi connectivity index (χ0) is 17.6. The SMILES string of the molecule is N#CCc1cccc(C(=O)N2CCN(C(=O)Cn3cnnn3)CC2)c1. The molecule has 0 unspecified atom stereocenters. The summed E-state index contributed by atoms with van der Waals surface area (Å²) in [7, 11) is 0. The molecule has 1 aromatic carbocycles. The summed E-state index contributed by atoms with van der Waals surface area (Å²) in [6.07, 6.45) is 1.67. The number of benzene rings is 1. The van der Waals surface area contributed by atoms with E-state index in [9.17, 15) is 9.59 Å². The van der Waals surface area contributed by atoms with Gasteiger partial charge >= 0.3 is 0 Å². The molecule has 2 heterocycles. The van der Waals surface area contributed by atoms with E-state index in [1.807, 2.05) is 6.07 Å². The van der Waals surface area contributed by atoms with Gasteiger partial charge in [0.25, 0.3) is 5.91 Å². The van der Waals surface area contributed by atoms with Gasteiger partial charge in [0.1, 0.15) is 12.9 Å². The predicted molar refractivity (Wildman–Crippen MR) is 86.1 cm³/mol. The zero-order valence-electron chi connectivity index (χ0n) is 13.6. The Balaban J connectivity index is 1.56. The maximum atomic E-state index is 12.6. The van der Waals surface area contributed by atoms with Crippen LogP contribution >= 0.6 is 0 Å². The van der Waals surface area contributed by atoms with Gasteiger partial charge in [-0.1, -0.05) is 12.1 Å². The standard InChI is InChI=1S/C16H17N7O2/c17-5-4-13-2-1-3-14(10-13)16(25)22-8-6-21(7-9-22)15(24)11-23-12-18-19-20-23/h1-3,10,12H,4,6-9,11H2. The van der Waals surface area contributed by atoms with Crippen LogP contribution < -0.4 is 0 Å². The summed E-state index contributed by atoms with van der Waals surface area (Å²) >= 11 is 0. The molecule has 1 fully saturated rings.